The first-order chi connectivity index (χ1) is 6.20. The fraction of sp³-hybridized carbons (Fsp3) is 0.625. The molecule has 0 aromatic heterocycles. The monoisotopic (exact) mass is 184 g/mol. The molecular formula is C8H12N2O3. The van der Waals surface area contributed by atoms with E-state index in [-0.39, 0.29) is 6.54 Å². The average Bonchev–Trinajstić information content (AvgIpc) is 2.62. The first-order valence-electron chi connectivity index (χ1n) is 4.20. The van der Waals surface area contributed by atoms with E-state index in [1.165, 1.54) is 4.90 Å². The van der Waals surface area contributed by atoms with Gasteiger partial charge in [-0.2, -0.15) is 0 Å². The Balaban J connectivity index is 2.65. The third-order valence-corrected chi connectivity index (χ3v) is 2.14. The smallest absolute Gasteiger partial charge is 0.291 e. The van der Waals surface area contributed by atoms with Crippen LogP contribution in [-0.4, -0.2) is 42.0 Å². The normalized spacial score (nSPS) is 21.6. The zero-order chi connectivity index (χ0) is 9.84. The lowest BCUT2D eigenvalue weighted by Gasteiger charge is -2.18. The molecule has 1 heterocycles. The molecule has 0 radical (unpaired) electrons. The molecule has 1 aliphatic heterocycles. The van der Waals surface area contributed by atoms with Crippen LogP contribution in [0.5, 0.6) is 0 Å². The summed E-state index contributed by atoms with van der Waals surface area (Å²) in [7, 11) is 0. The molecule has 0 aromatic rings. The molecule has 1 aliphatic rings. The zero-order valence-corrected chi connectivity index (χ0v) is 7.23. The Labute approximate surface area is 75.9 Å². The third kappa shape index (κ3) is 1.92. The van der Waals surface area contributed by atoms with E-state index in [9.17, 15) is 14.4 Å². The van der Waals surface area contributed by atoms with Crippen molar-refractivity contribution in [1.29, 1.82) is 0 Å². The Hall–Kier alpha value is -1.23. The highest BCUT2D eigenvalue weighted by molar-refractivity contribution is 6.37. The highest BCUT2D eigenvalue weighted by Gasteiger charge is 2.31. The molecule has 1 atom stereocenters. The minimum Gasteiger partial charge on any atom is -0.326 e. The van der Waals surface area contributed by atoms with Gasteiger partial charge in [-0.05, 0) is 12.8 Å². The molecule has 1 saturated heterocycles. The zero-order valence-electron chi connectivity index (χ0n) is 7.23. The predicted molar refractivity (Wildman–Crippen MR) is 44.9 cm³/mol. The second-order valence-corrected chi connectivity index (χ2v) is 2.97. The lowest BCUT2D eigenvalue weighted by molar-refractivity contribution is -0.145. The van der Waals surface area contributed by atoms with E-state index in [4.69, 9.17) is 5.73 Å². The summed E-state index contributed by atoms with van der Waals surface area (Å²) in [5.74, 6) is -1.26. The van der Waals surface area contributed by atoms with Crippen molar-refractivity contribution in [3.8, 4) is 0 Å². The molecular weight excluding hydrogens is 172 g/mol. The molecule has 0 aromatic carbocycles. The van der Waals surface area contributed by atoms with Crippen LogP contribution in [0.4, 0.5) is 0 Å². The van der Waals surface area contributed by atoms with Crippen LogP contribution in [0.2, 0.25) is 0 Å². The number of aldehydes is 1. The van der Waals surface area contributed by atoms with E-state index < -0.39 is 17.7 Å². The molecule has 1 rings (SSSR count). The number of carbonyl (C=O) groups excluding carboxylic acids is 3. The number of ketones is 1. The molecule has 0 unspecified atom stereocenters. The summed E-state index contributed by atoms with van der Waals surface area (Å²) in [4.78, 5) is 34.0. The quantitative estimate of drug-likeness (QED) is 0.437. The van der Waals surface area contributed by atoms with Crippen LogP contribution in [0, 0.1) is 0 Å². The molecule has 0 saturated carbocycles. The summed E-state index contributed by atoms with van der Waals surface area (Å²) in [6.45, 7) is 0.189. The van der Waals surface area contributed by atoms with Crippen LogP contribution in [0.3, 0.4) is 0 Å². The molecule has 13 heavy (non-hydrogen) atoms. The number of Topliss-reactive ketones (excluding diaryl/α,β-unsaturated/α-hetero) is 1. The van der Waals surface area contributed by atoms with Gasteiger partial charge >= 0.3 is 0 Å². The molecule has 72 valence electrons. The predicted octanol–water partition coefficient (Wildman–Crippen LogP) is -1.30. The highest BCUT2D eigenvalue weighted by atomic mass is 16.2. The average molecular weight is 184 g/mol. The Morgan fingerprint density at radius 3 is 2.77 bits per heavy atom. The van der Waals surface area contributed by atoms with Gasteiger partial charge < -0.3 is 15.4 Å². The van der Waals surface area contributed by atoms with Crippen molar-refractivity contribution in [1.82, 2.24) is 4.90 Å². The van der Waals surface area contributed by atoms with Crippen LogP contribution in [-0.2, 0) is 14.4 Å². The van der Waals surface area contributed by atoms with Gasteiger partial charge in [0.2, 0.25) is 5.78 Å². The lowest BCUT2D eigenvalue weighted by Crippen LogP contribution is -2.42. The second-order valence-electron chi connectivity index (χ2n) is 2.97. The topological polar surface area (TPSA) is 80.5 Å². The molecule has 1 amide bonds. The van der Waals surface area contributed by atoms with Gasteiger partial charge in [0.1, 0.15) is 6.29 Å². The SMILES string of the molecule is NCC(=O)C(=O)N1CCC[C@H]1C=O. The maximum Gasteiger partial charge on any atom is 0.291 e. The van der Waals surface area contributed by atoms with Gasteiger partial charge in [0.05, 0.1) is 12.6 Å². The number of likely N-dealkylation sites (tertiary alicyclic amines) is 1. The van der Waals surface area contributed by atoms with Gasteiger partial charge in [0.25, 0.3) is 5.91 Å². The third-order valence-electron chi connectivity index (χ3n) is 2.14. The van der Waals surface area contributed by atoms with Crippen molar-refractivity contribution in [2.24, 2.45) is 5.73 Å². The second kappa shape index (κ2) is 4.13. The number of hydrogen-bond donors (Lipinski definition) is 1. The fourth-order valence-corrected chi connectivity index (χ4v) is 1.43. The van der Waals surface area contributed by atoms with Crippen LogP contribution in [0.15, 0.2) is 0 Å². The summed E-state index contributed by atoms with van der Waals surface area (Å²) in [5, 5.41) is 0. The minimum atomic E-state index is -0.631. The minimum absolute atomic E-state index is 0.291. The molecule has 1 fully saturated rings. The molecule has 5 heteroatoms. The van der Waals surface area contributed by atoms with Gasteiger partial charge in [0, 0.05) is 6.54 Å². The van der Waals surface area contributed by atoms with Crippen molar-refractivity contribution in [3.05, 3.63) is 0 Å². The van der Waals surface area contributed by atoms with Crippen molar-refractivity contribution in [3.63, 3.8) is 0 Å². The van der Waals surface area contributed by atoms with E-state index in [1.807, 2.05) is 0 Å². The summed E-state index contributed by atoms with van der Waals surface area (Å²) in [5.41, 5.74) is 5.04. The molecule has 0 aliphatic carbocycles. The fourth-order valence-electron chi connectivity index (χ4n) is 1.43. The Kier molecular flexibility index (Phi) is 3.13. The summed E-state index contributed by atoms with van der Waals surface area (Å²) < 4.78 is 0. The Morgan fingerprint density at radius 2 is 2.23 bits per heavy atom. The van der Waals surface area contributed by atoms with Crippen molar-refractivity contribution in [2.45, 2.75) is 18.9 Å². The van der Waals surface area contributed by atoms with Gasteiger partial charge in [0.15, 0.2) is 0 Å². The maximum absolute atomic E-state index is 11.3. The molecule has 0 spiro atoms. The van der Waals surface area contributed by atoms with E-state index >= 15 is 0 Å². The number of nitrogens with zero attached hydrogens (tertiary/aromatic N) is 1. The Morgan fingerprint density at radius 1 is 1.54 bits per heavy atom. The number of carbonyl (C=O) groups is 3. The molecule has 5 nitrogen and oxygen atoms in total. The number of amides is 1. The van der Waals surface area contributed by atoms with Crippen LogP contribution in [0.1, 0.15) is 12.8 Å². The standard InChI is InChI=1S/C8H12N2O3/c9-4-7(12)8(13)10-3-1-2-6(10)5-11/h5-6H,1-4,9H2/t6-/m0/s1. The number of nitrogens with two attached hydrogens (primary N) is 1. The van der Waals surface area contributed by atoms with Gasteiger partial charge in [-0.25, -0.2) is 0 Å². The van der Waals surface area contributed by atoms with Crippen molar-refractivity contribution < 1.29 is 14.4 Å². The van der Waals surface area contributed by atoms with Gasteiger partial charge in [-0.3, -0.25) is 9.59 Å². The number of hydrogen-bond acceptors (Lipinski definition) is 4. The van der Waals surface area contributed by atoms with E-state index in [2.05, 4.69) is 0 Å². The number of rotatable bonds is 3. The van der Waals surface area contributed by atoms with Crippen molar-refractivity contribution in [2.75, 3.05) is 13.1 Å². The largest absolute Gasteiger partial charge is 0.326 e. The van der Waals surface area contributed by atoms with Crippen molar-refractivity contribution >= 4 is 18.0 Å². The first-order valence-corrected chi connectivity index (χ1v) is 4.20. The summed E-state index contributed by atoms with van der Waals surface area (Å²) in [6, 6.07) is -0.428. The lowest BCUT2D eigenvalue weighted by atomic mass is 10.2. The van der Waals surface area contributed by atoms with E-state index in [0.717, 1.165) is 6.42 Å². The van der Waals surface area contributed by atoms with E-state index in [0.29, 0.717) is 19.3 Å². The summed E-state index contributed by atoms with van der Waals surface area (Å²) in [6.07, 6.45) is 2.12. The maximum atomic E-state index is 11.3. The van der Waals surface area contributed by atoms with Gasteiger partial charge in [-0.1, -0.05) is 0 Å². The van der Waals surface area contributed by atoms with Crippen LogP contribution >= 0.6 is 0 Å². The highest BCUT2D eigenvalue weighted by Crippen LogP contribution is 2.15. The van der Waals surface area contributed by atoms with E-state index in [1.54, 1.807) is 0 Å². The first kappa shape index (κ1) is 9.85. The molecule has 2 N–H and O–H groups in total. The van der Waals surface area contributed by atoms with Crippen LogP contribution < -0.4 is 5.73 Å². The van der Waals surface area contributed by atoms with Crippen LogP contribution in [0.25, 0.3) is 0 Å². The van der Waals surface area contributed by atoms with Gasteiger partial charge in [-0.15, -0.1) is 0 Å². The molecule has 0 bridgehead atoms. The summed E-state index contributed by atoms with van der Waals surface area (Å²) >= 11 is 0. The Bertz CT molecular complexity index is 240.